The van der Waals surface area contributed by atoms with Crippen molar-refractivity contribution in [2.45, 2.75) is 78.1 Å². The van der Waals surface area contributed by atoms with Gasteiger partial charge in [-0.25, -0.2) is 15.0 Å². The van der Waals surface area contributed by atoms with Crippen molar-refractivity contribution in [1.29, 1.82) is 0 Å². The number of unbranched alkanes of at least 4 members (excludes halogenated alkanes) is 3. The summed E-state index contributed by atoms with van der Waals surface area (Å²) in [6, 6.07) is 0. The zero-order valence-corrected chi connectivity index (χ0v) is 17.6. The molecule has 27 heavy (non-hydrogen) atoms. The highest BCUT2D eigenvalue weighted by Crippen LogP contribution is 2.41. The number of hydrogen-bond donors (Lipinski definition) is 1. The molecule has 0 saturated heterocycles. The summed E-state index contributed by atoms with van der Waals surface area (Å²) in [4.78, 5) is 15.5. The zero-order chi connectivity index (χ0) is 18.8. The quantitative estimate of drug-likeness (QED) is 0.492. The van der Waals surface area contributed by atoms with Crippen LogP contribution in [0, 0.1) is 0 Å². The molecule has 3 heterocycles. The lowest BCUT2D eigenvalue weighted by molar-refractivity contribution is 0.667. The standard InChI is InChI=1S/C22H30N4S/c1-4-5-6-9-12-23-21-20-19(24-13-25-21)17-15-10-7-8-11-16(15)18(14(2)3)26-22(17)27-20/h13-14H,4-12H2,1-3H3,(H,23,24,25). The van der Waals surface area contributed by atoms with Gasteiger partial charge in [0.1, 0.15) is 17.0 Å². The summed E-state index contributed by atoms with van der Waals surface area (Å²) in [5, 5.41) is 4.85. The lowest BCUT2D eigenvalue weighted by Gasteiger charge is -2.21. The van der Waals surface area contributed by atoms with Crippen LogP contribution in [0.25, 0.3) is 20.4 Å². The minimum absolute atomic E-state index is 0.466. The number of hydrogen-bond acceptors (Lipinski definition) is 5. The molecule has 0 atom stereocenters. The second kappa shape index (κ2) is 8.09. The first-order valence-corrected chi connectivity index (χ1v) is 11.3. The van der Waals surface area contributed by atoms with Gasteiger partial charge in [0.15, 0.2) is 0 Å². The predicted molar refractivity (Wildman–Crippen MR) is 116 cm³/mol. The van der Waals surface area contributed by atoms with Crippen molar-refractivity contribution in [2.24, 2.45) is 0 Å². The SMILES string of the molecule is CCCCCCNc1ncnc2c1sc1nc(C(C)C)c3c(c12)CCCC3. The number of rotatable bonds is 7. The maximum Gasteiger partial charge on any atom is 0.147 e. The molecule has 0 aliphatic heterocycles. The minimum atomic E-state index is 0.466. The topological polar surface area (TPSA) is 50.7 Å². The van der Waals surface area contributed by atoms with E-state index in [1.807, 2.05) is 0 Å². The number of pyridine rings is 1. The van der Waals surface area contributed by atoms with E-state index in [1.165, 1.54) is 65.4 Å². The van der Waals surface area contributed by atoms with Crippen LogP contribution in [0.5, 0.6) is 0 Å². The molecule has 1 N–H and O–H groups in total. The molecule has 0 bridgehead atoms. The molecule has 0 fully saturated rings. The van der Waals surface area contributed by atoms with Crippen LogP contribution in [0.1, 0.15) is 82.0 Å². The van der Waals surface area contributed by atoms with Gasteiger partial charge in [-0.05, 0) is 49.1 Å². The molecule has 4 nitrogen and oxygen atoms in total. The number of aryl methyl sites for hydroxylation is 1. The number of fused-ring (bicyclic) bond motifs is 5. The highest BCUT2D eigenvalue weighted by atomic mass is 32.1. The van der Waals surface area contributed by atoms with Gasteiger partial charge in [-0.3, -0.25) is 0 Å². The second-order valence-corrected chi connectivity index (χ2v) is 8.98. The van der Waals surface area contributed by atoms with Crippen LogP contribution < -0.4 is 5.32 Å². The Balaban J connectivity index is 1.78. The van der Waals surface area contributed by atoms with Gasteiger partial charge < -0.3 is 5.32 Å². The lowest BCUT2D eigenvalue weighted by Crippen LogP contribution is -2.10. The van der Waals surface area contributed by atoms with Crippen molar-refractivity contribution in [3.8, 4) is 0 Å². The molecule has 0 aromatic carbocycles. The molecule has 5 heteroatoms. The number of thiophene rings is 1. The van der Waals surface area contributed by atoms with Gasteiger partial charge in [0.25, 0.3) is 0 Å². The normalized spacial score (nSPS) is 14.2. The van der Waals surface area contributed by atoms with Crippen molar-refractivity contribution in [2.75, 3.05) is 11.9 Å². The highest BCUT2D eigenvalue weighted by Gasteiger charge is 2.24. The maximum absolute atomic E-state index is 5.11. The Hall–Kier alpha value is -1.75. The third-order valence-electron chi connectivity index (χ3n) is 5.62. The molecule has 0 unspecified atom stereocenters. The monoisotopic (exact) mass is 382 g/mol. The largest absolute Gasteiger partial charge is 0.369 e. The van der Waals surface area contributed by atoms with E-state index < -0.39 is 0 Å². The van der Waals surface area contributed by atoms with Crippen LogP contribution in [0.3, 0.4) is 0 Å². The lowest BCUT2D eigenvalue weighted by atomic mass is 9.86. The maximum atomic E-state index is 5.11. The van der Waals surface area contributed by atoms with E-state index in [0.717, 1.165) is 35.6 Å². The summed E-state index contributed by atoms with van der Waals surface area (Å²) in [7, 11) is 0. The third-order valence-corrected chi connectivity index (χ3v) is 6.70. The highest BCUT2D eigenvalue weighted by molar-refractivity contribution is 7.26. The second-order valence-electron chi connectivity index (χ2n) is 7.99. The average molecular weight is 383 g/mol. The van der Waals surface area contributed by atoms with E-state index in [9.17, 15) is 0 Å². The fraction of sp³-hybridized carbons (Fsp3) is 0.591. The molecule has 1 aliphatic carbocycles. The first-order chi connectivity index (χ1) is 13.2. The molecule has 0 amide bonds. The smallest absolute Gasteiger partial charge is 0.147 e. The number of nitrogens with zero attached hydrogens (tertiary/aromatic N) is 3. The molecule has 0 spiro atoms. The Morgan fingerprint density at radius 1 is 1.07 bits per heavy atom. The molecule has 3 aromatic rings. The number of anilines is 1. The fourth-order valence-corrected chi connectivity index (χ4v) is 5.38. The van der Waals surface area contributed by atoms with Crippen LogP contribution in [0.15, 0.2) is 6.33 Å². The van der Waals surface area contributed by atoms with Crippen LogP contribution in [0.4, 0.5) is 5.82 Å². The van der Waals surface area contributed by atoms with Gasteiger partial charge in [-0.15, -0.1) is 11.3 Å². The predicted octanol–water partition coefficient (Wildman–Crippen LogP) is 6.23. The fourth-order valence-electron chi connectivity index (χ4n) is 4.25. The molecule has 144 valence electrons. The Bertz CT molecular complexity index is 945. The molecule has 0 saturated carbocycles. The Labute approximate surface area is 165 Å². The van der Waals surface area contributed by atoms with Gasteiger partial charge in [-0.2, -0.15) is 0 Å². The first kappa shape index (κ1) is 18.6. The van der Waals surface area contributed by atoms with E-state index in [2.05, 4.69) is 36.1 Å². The molecular formula is C22H30N4S. The number of nitrogens with one attached hydrogen (secondary N) is 1. The van der Waals surface area contributed by atoms with Crippen LogP contribution in [0.2, 0.25) is 0 Å². The van der Waals surface area contributed by atoms with Crippen LogP contribution >= 0.6 is 11.3 Å². The summed E-state index contributed by atoms with van der Waals surface area (Å²) in [5.74, 6) is 1.45. The van der Waals surface area contributed by atoms with Crippen molar-refractivity contribution in [3.05, 3.63) is 23.1 Å². The molecule has 0 radical (unpaired) electrons. The minimum Gasteiger partial charge on any atom is -0.369 e. The van der Waals surface area contributed by atoms with Gasteiger partial charge in [0.05, 0.1) is 10.2 Å². The summed E-state index contributed by atoms with van der Waals surface area (Å²) >= 11 is 1.76. The van der Waals surface area contributed by atoms with E-state index >= 15 is 0 Å². The molecule has 4 rings (SSSR count). The van der Waals surface area contributed by atoms with E-state index in [0.29, 0.717) is 5.92 Å². The summed E-state index contributed by atoms with van der Waals surface area (Å²) in [5.41, 5.74) is 5.40. The van der Waals surface area contributed by atoms with Crippen molar-refractivity contribution < 1.29 is 0 Å². The Morgan fingerprint density at radius 3 is 2.67 bits per heavy atom. The molecule has 3 aromatic heterocycles. The van der Waals surface area contributed by atoms with Gasteiger partial charge >= 0.3 is 0 Å². The van der Waals surface area contributed by atoms with Crippen molar-refractivity contribution >= 4 is 37.6 Å². The van der Waals surface area contributed by atoms with Crippen molar-refractivity contribution in [1.82, 2.24) is 15.0 Å². The third kappa shape index (κ3) is 3.54. The Kier molecular flexibility index (Phi) is 5.58. The average Bonchev–Trinajstić information content (AvgIpc) is 3.06. The van der Waals surface area contributed by atoms with Crippen molar-refractivity contribution in [3.63, 3.8) is 0 Å². The van der Waals surface area contributed by atoms with E-state index in [-0.39, 0.29) is 0 Å². The van der Waals surface area contributed by atoms with Crippen LogP contribution in [-0.2, 0) is 12.8 Å². The summed E-state index contributed by atoms with van der Waals surface area (Å²) < 4.78 is 1.17. The first-order valence-electron chi connectivity index (χ1n) is 10.5. The number of aromatic nitrogens is 3. The Morgan fingerprint density at radius 2 is 1.89 bits per heavy atom. The van der Waals surface area contributed by atoms with Crippen LogP contribution in [-0.4, -0.2) is 21.5 Å². The molecule has 1 aliphatic rings. The summed E-state index contributed by atoms with van der Waals surface area (Å²) in [6.07, 6.45) is 11.6. The summed E-state index contributed by atoms with van der Waals surface area (Å²) in [6.45, 7) is 7.75. The van der Waals surface area contributed by atoms with Gasteiger partial charge in [0.2, 0.25) is 0 Å². The van der Waals surface area contributed by atoms with E-state index in [4.69, 9.17) is 4.98 Å². The molecular weight excluding hydrogens is 352 g/mol. The van der Waals surface area contributed by atoms with E-state index in [1.54, 1.807) is 17.7 Å². The zero-order valence-electron chi connectivity index (χ0n) is 16.8. The van der Waals surface area contributed by atoms with Gasteiger partial charge in [0, 0.05) is 17.6 Å². The van der Waals surface area contributed by atoms with Gasteiger partial charge in [-0.1, -0.05) is 40.0 Å².